The molecule has 8 nitrogen and oxygen atoms in total. The predicted molar refractivity (Wildman–Crippen MR) is 153 cm³/mol. The van der Waals surface area contributed by atoms with Gasteiger partial charge in [0.25, 0.3) is 0 Å². The molecule has 194 valence electrons. The summed E-state index contributed by atoms with van der Waals surface area (Å²) >= 11 is 0. The molecule has 39 heavy (non-hydrogen) atoms. The van der Waals surface area contributed by atoms with Crippen molar-refractivity contribution in [3.63, 3.8) is 0 Å². The molecule has 1 aliphatic carbocycles. The lowest BCUT2D eigenvalue weighted by Gasteiger charge is -2.21. The summed E-state index contributed by atoms with van der Waals surface area (Å²) in [7, 11) is 1.79. The lowest BCUT2D eigenvalue weighted by Crippen LogP contribution is -2.12. The van der Waals surface area contributed by atoms with Crippen LogP contribution in [0.15, 0.2) is 79.1 Å². The zero-order chi connectivity index (χ0) is 26.6. The molecular formula is C31H29N7O. The van der Waals surface area contributed by atoms with Crippen LogP contribution in [-0.4, -0.2) is 32.2 Å². The van der Waals surface area contributed by atoms with Crippen LogP contribution >= 0.6 is 0 Å². The van der Waals surface area contributed by atoms with E-state index >= 15 is 0 Å². The van der Waals surface area contributed by atoms with Crippen LogP contribution in [-0.2, 0) is 12.8 Å². The van der Waals surface area contributed by atoms with E-state index in [-0.39, 0.29) is 0 Å². The maximum Gasteiger partial charge on any atom is 0.228 e. The van der Waals surface area contributed by atoms with Crippen molar-refractivity contribution in [1.82, 2.24) is 25.1 Å². The fourth-order valence-corrected chi connectivity index (χ4v) is 4.92. The fourth-order valence-electron chi connectivity index (χ4n) is 4.92. The summed E-state index contributed by atoms with van der Waals surface area (Å²) in [6, 6.07) is 21.9. The lowest BCUT2D eigenvalue weighted by atomic mass is 9.89. The van der Waals surface area contributed by atoms with Crippen LogP contribution < -0.4 is 15.4 Å². The molecule has 5 aromatic rings. The van der Waals surface area contributed by atoms with Crippen LogP contribution in [0.2, 0.25) is 0 Å². The molecule has 8 heteroatoms. The summed E-state index contributed by atoms with van der Waals surface area (Å²) in [5.41, 5.74) is 8.35. The van der Waals surface area contributed by atoms with E-state index in [1.165, 1.54) is 23.1 Å². The van der Waals surface area contributed by atoms with E-state index in [1.807, 2.05) is 42.5 Å². The number of aryl methyl sites for hydroxylation is 1. The predicted octanol–water partition coefficient (Wildman–Crippen LogP) is 6.76. The molecule has 0 saturated heterocycles. The first-order chi connectivity index (χ1) is 19.2. The molecule has 0 amide bonds. The van der Waals surface area contributed by atoms with E-state index in [0.29, 0.717) is 17.6 Å². The number of fused-ring (bicyclic) bond motifs is 1. The van der Waals surface area contributed by atoms with Crippen LogP contribution in [0.25, 0.3) is 22.5 Å². The van der Waals surface area contributed by atoms with Gasteiger partial charge in [-0.05, 0) is 86.7 Å². The van der Waals surface area contributed by atoms with Crippen molar-refractivity contribution in [2.75, 3.05) is 17.7 Å². The van der Waals surface area contributed by atoms with E-state index in [1.54, 1.807) is 19.4 Å². The van der Waals surface area contributed by atoms with Crippen LogP contribution in [0.5, 0.6) is 11.6 Å². The second-order valence-electron chi connectivity index (χ2n) is 9.55. The van der Waals surface area contributed by atoms with Crippen LogP contribution in [0, 0.1) is 6.92 Å². The molecule has 0 radical (unpaired) electrons. The average molecular weight is 516 g/mol. The van der Waals surface area contributed by atoms with Crippen molar-refractivity contribution >= 4 is 17.5 Å². The smallest absolute Gasteiger partial charge is 0.228 e. The van der Waals surface area contributed by atoms with Gasteiger partial charge in [-0.15, -0.1) is 10.2 Å². The zero-order valence-electron chi connectivity index (χ0n) is 22.0. The average Bonchev–Trinajstić information content (AvgIpc) is 2.98. The number of ether oxygens (including phenoxy) is 1. The van der Waals surface area contributed by atoms with E-state index in [2.05, 4.69) is 67.0 Å². The van der Waals surface area contributed by atoms with Gasteiger partial charge in [0.2, 0.25) is 11.8 Å². The molecular weight excluding hydrogens is 486 g/mol. The minimum Gasteiger partial charge on any atom is -0.438 e. The highest BCUT2D eigenvalue weighted by molar-refractivity contribution is 5.71. The lowest BCUT2D eigenvalue weighted by molar-refractivity contribution is 0.465. The standard InChI is InChI=1S/C31H29N7O/c1-20-7-5-8-21(19-20)28-24-9-3-4-10-25(24)29(38-37-28)35-22-12-14-23(15-13-22)39-30-26(11-6-17-33-30)27-16-18-34-31(32-2)36-27/h5-8,11-19H,3-4,9-10H2,1-2H3,(H,35,38)(H,32,34,36). The maximum atomic E-state index is 6.16. The molecule has 6 rings (SSSR count). The number of hydrogen-bond acceptors (Lipinski definition) is 8. The molecule has 2 aromatic carbocycles. The Bertz CT molecular complexity index is 1620. The number of hydrogen-bond donors (Lipinski definition) is 2. The molecule has 2 N–H and O–H groups in total. The third-order valence-corrected chi connectivity index (χ3v) is 6.84. The monoisotopic (exact) mass is 515 g/mol. The number of nitrogens with one attached hydrogen (secondary N) is 2. The number of pyridine rings is 1. The van der Waals surface area contributed by atoms with E-state index in [9.17, 15) is 0 Å². The molecule has 3 aromatic heterocycles. The Balaban J connectivity index is 1.23. The first kappa shape index (κ1) is 24.5. The van der Waals surface area contributed by atoms with Crippen LogP contribution in [0.3, 0.4) is 0 Å². The second-order valence-corrected chi connectivity index (χ2v) is 9.55. The number of rotatable bonds is 7. The molecule has 0 spiro atoms. The summed E-state index contributed by atoms with van der Waals surface area (Å²) in [4.78, 5) is 13.2. The van der Waals surface area contributed by atoms with Gasteiger partial charge in [-0.2, -0.15) is 0 Å². The Morgan fingerprint density at radius 2 is 1.67 bits per heavy atom. The van der Waals surface area contributed by atoms with Crippen LogP contribution in [0.4, 0.5) is 17.5 Å². The quantitative estimate of drug-likeness (QED) is 0.245. The van der Waals surface area contributed by atoms with E-state index in [0.717, 1.165) is 53.3 Å². The van der Waals surface area contributed by atoms with Gasteiger partial charge in [0, 0.05) is 36.3 Å². The molecule has 0 unspecified atom stereocenters. The minimum atomic E-state index is 0.477. The summed E-state index contributed by atoms with van der Waals surface area (Å²) in [5.74, 6) is 2.51. The van der Waals surface area contributed by atoms with E-state index in [4.69, 9.17) is 4.74 Å². The highest BCUT2D eigenvalue weighted by atomic mass is 16.5. The molecule has 0 saturated carbocycles. The summed E-state index contributed by atoms with van der Waals surface area (Å²) < 4.78 is 6.16. The van der Waals surface area contributed by atoms with Gasteiger partial charge < -0.3 is 15.4 Å². The Hall–Kier alpha value is -4.85. The van der Waals surface area contributed by atoms with Gasteiger partial charge in [-0.3, -0.25) is 0 Å². The van der Waals surface area contributed by atoms with Crippen molar-refractivity contribution in [2.24, 2.45) is 0 Å². The Labute approximate surface area is 227 Å². The van der Waals surface area contributed by atoms with Gasteiger partial charge in [0.15, 0.2) is 5.82 Å². The second kappa shape index (κ2) is 10.9. The Kier molecular flexibility index (Phi) is 6.82. The van der Waals surface area contributed by atoms with Gasteiger partial charge in [0.1, 0.15) is 5.75 Å². The maximum absolute atomic E-state index is 6.16. The van der Waals surface area contributed by atoms with Crippen molar-refractivity contribution in [1.29, 1.82) is 0 Å². The van der Waals surface area contributed by atoms with Gasteiger partial charge >= 0.3 is 0 Å². The molecule has 0 aliphatic heterocycles. The van der Waals surface area contributed by atoms with Crippen molar-refractivity contribution in [3.8, 4) is 34.1 Å². The molecule has 3 heterocycles. The highest BCUT2D eigenvalue weighted by Crippen LogP contribution is 2.35. The highest BCUT2D eigenvalue weighted by Gasteiger charge is 2.21. The number of anilines is 3. The van der Waals surface area contributed by atoms with Gasteiger partial charge in [-0.1, -0.05) is 23.8 Å². The summed E-state index contributed by atoms with van der Waals surface area (Å²) in [6.07, 6.45) is 7.75. The Morgan fingerprint density at radius 1 is 0.821 bits per heavy atom. The van der Waals surface area contributed by atoms with Gasteiger partial charge in [-0.25, -0.2) is 15.0 Å². The van der Waals surface area contributed by atoms with Crippen molar-refractivity contribution < 1.29 is 4.74 Å². The van der Waals surface area contributed by atoms with Crippen molar-refractivity contribution in [3.05, 3.63) is 95.8 Å². The topological polar surface area (TPSA) is 97.7 Å². The molecule has 0 fully saturated rings. The number of benzene rings is 2. The molecule has 1 aliphatic rings. The molecule has 0 bridgehead atoms. The summed E-state index contributed by atoms with van der Waals surface area (Å²) in [6.45, 7) is 2.11. The first-order valence-corrected chi connectivity index (χ1v) is 13.1. The van der Waals surface area contributed by atoms with Crippen molar-refractivity contribution in [2.45, 2.75) is 32.6 Å². The third-order valence-electron chi connectivity index (χ3n) is 6.84. The largest absolute Gasteiger partial charge is 0.438 e. The van der Waals surface area contributed by atoms with Gasteiger partial charge in [0.05, 0.1) is 17.0 Å². The SMILES string of the molecule is CNc1nccc(-c2cccnc2Oc2ccc(Nc3nnc(-c4cccc(C)c4)c4c3CCCC4)cc2)n1. The Morgan fingerprint density at radius 3 is 2.49 bits per heavy atom. The van der Waals surface area contributed by atoms with E-state index < -0.39 is 0 Å². The summed E-state index contributed by atoms with van der Waals surface area (Å²) in [5, 5.41) is 15.7. The van der Waals surface area contributed by atoms with Crippen LogP contribution in [0.1, 0.15) is 29.5 Å². The minimum absolute atomic E-state index is 0.477. The number of aromatic nitrogens is 5. The number of nitrogens with zero attached hydrogens (tertiary/aromatic N) is 5. The molecule has 0 atom stereocenters. The fraction of sp³-hybridized carbons (Fsp3) is 0.194. The first-order valence-electron chi connectivity index (χ1n) is 13.1. The third kappa shape index (κ3) is 5.27. The zero-order valence-corrected chi connectivity index (χ0v) is 22.0. The normalized spacial score (nSPS) is 12.5.